The van der Waals surface area contributed by atoms with Gasteiger partial charge in [0.05, 0.1) is 11.3 Å². The summed E-state index contributed by atoms with van der Waals surface area (Å²) in [5.41, 5.74) is 0.182. The molecule has 0 aliphatic carbocycles. The van der Waals surface area contributed by atoms with Gasteiger partial charge in [0.15, 0.2) is 0 Å². The van der Waals surface area contributed by atoms with E-state index in [1.165, 1.54) is 23.8 Å². The van der Waals surface area contributed by atoms with Crippen molar-refractivity contribution >= 4 is 11.6 Å². The number of aryl methyl sites for hydroxylation is 1. The number of para-hydroxylation sites is 1. The molecule has 0 saturated heterocycles. The first-order valence-corrected chi connectivity index (χ1v) is 7.47. The maximum Gasteiger partial charge on any atom is 0.418 e. The van der Waals surface area contributed by atoms with Crippen molar-refractivity contribution in [1.82, 2.24) is 0 Å². The lowest BCUT2D eigenvalue weighted by molar-refractivity contribution is -0.137. The van der Waals surface area contributed by atoms with Gasteiger partial charge in [-0.2, -0.15) is 13.2 Å². The zero-order valence-corrected chi connectivity index (χ0v) is 12.6. The van der Waals surface area contributed by atoms with Crippen LogP contribution in [-0.2, 0) is 17.4 Å². The number of unbranched alkanes of at least 4 members (excludes halogenated alkanes) is 1. The number of amides is 1. The van der Waals surface area contributed by atoms with Crippen LogP contribution < -0.4 is 5.32 Å². The van der Waals surface area contributed by atoms with E-state index in [0.29, 0.717) is 6.42 Å². The fourth-order valence-corrected chi connectivity index (χ4v) is 2.31. The second kappa shape index (κ2) is 7.81. The van der Waals surface area contributed by atoms with Crippen LogP contribution in [0.5, 0.6) is 0 Å². The van der Waals surface area contributed by atoms with Crippen molar-refractivity contribution < 1.29 is 18.0 Å². The van der Waals surface area contributed by atoms with Crippen LogP contribution in [0.3, 0.4) is 0 Å². The molecule has 2 aromatic carbocycles. The van der Waals surface area contributed by atoms with Gasteiger partial charge in [0.25, 0.3) is 0 Å². The highest BCUT2D eigenvalue weighted by atomic mass is 19.4. The number of carbonyl (C=O) groups excluding carboxylic acids is 1. The number of rotatable bonds is 6. The third kappa shape index (κ3) is 5.43. The van der Waals surface area contributed by atoms with E-state index in [1.807, 2.05) is 30.3 Å². The van der Waals surface area contributed by atoms with Gasteiger partial charge >= 0.3 is 6.18 Å². The summed E-state index contributed by atoms with van der Waals surface area (Å²) in [7, 11) is 0. The SMILES string of the molecule is O=C(CCCCc1ccccc1)Nc1ccccc1C(F)(F)F. The van der Waals surface area contributed by atoms with Gasteiger partial charge in [-0.25, -0.2) is 0 Å². The first kappa shape index (κ1) is 17.1. The summed E-state index contributed by atoms with van der Waals surface area (Å²) in [6.07, 6.45) is -1.96. The Labute approximate surface area is 133 Å². The summed E-state index contributed by atoms with van der Waals surface area (Å²) in [4.78, 5) is 11.8. The van der Waals surface area contributed by atoms with Crippen molar-refractivity contribution in [3.05, 3.63) is 65.7 Å². The first-order valence-electron chi connectivity index (χ1n) is 7.47. The largest absolute Gasteiger partial charge is 0.418 e. The molecule has 2 aromatic rings. The lowest BCUT2D eigenvalue weighted by Crippen LogP contribution is -2.16. The quantitative estimate of drug-likeness (QED) is 0.741. The molecule has 2 rings (SSSR count). The zero-order valence-electron chi connectivity index (χ0n) is 12.6. The van der Waals surface area contributed by atoms with Crippen LogP contribution in [0.2, 0.25) is 0 Å². The summed E-state index contributed by atoms with van der Waals surface area (Å²) in [6, 6.07) is 14.9. The van der Waals surface area contributed by atoms with Gasteiger partial charge in [-0.05, 0) is 37.0 Å². The lowest BCUT2D eigenvalue weighted by atomic mass is 10.1. The van der Waals surface area contributed by atoms with E-state index in [9.17, 15) is 18.0 Å². The van der Waals surface area contributed by atoms with Gasteiger partial charge < -0.3 is 5.32 Å². The average molecular weight is 321 g/mol. The normalized spacial score (nSPS) is 11.3. The minimum atomic E-state index is -4.48. The Morgan fingerprint density at radius 1 is 0.913 bits per heavy atom. The average Bonchev–Trinajstić information content (AvgIpc) is 2.52. The molecule has 0 aliphatic heterocycles. The Morgan fingerprint density at radius 3 is 2.26 bits per heavy atom. The second-order valence-electron chi connectivity index (χ2n) is 5.28. The maximum absolute atomic E-state index is 12.8. The third-order valence-electron chi connectivity index (χ3n) is 3.47. The molecule has 23 heavy (non-hydrogen) atoms. The van der Waals surface area contributed by atoms with Gasteiger partial charge in [-0.15, -0.1) is 0 Å². The molecule has 5 heteroatoms. The van der Waals surface area contributed by atoms with Gasteiger partial charge in [0.2, 0.25) is 5.91 Å². The van der Waals surface area contributed by atoms with E-state index < -0.39 is 17.6 Å². The summed E-state index contributed by atoms with van der Waals surface area (Å²) in [6.45, 7) is 0. The first-order chi connectivity index (χ1) is 11.0. The molecular weight excluding hydrogens is 303 g/mol. The van der Waals surface area contributed by atoms with E-state index >= 15 is 0 Å². The molecule has 0 fully saturated rings. The molecule has 0 unspecified atom stereocenters. The van der Waals surface area contributed by atoms with E-state index in [0.717, 1.165) is 18.9 Å². The summed E-state index contributed by atoms with van der Waals surface area (Å²) in [5.74, 6) is -0.394. The van der Waals surface area contributed by atoms with Crippen LogP contribution >= 0.6 is 0 Å². The Morgan fingerprint density at radius 2 is 1.57 bits per heavy atom. The van der Waals surface area contributed by atoms with Crippen molar-refractivity contribution in [1.29, 1.82) is 0 Å². The summed E-state index contributed by atoms with van der Waals surface area (Å²) in [5, 5.41) is 2.36. The van der Waals surface area contributed by atoms with Crippen molar-refractivity contribution in [2.24, 2.45) is 0 Å². The molecule has 0 saturated carbocycles. The number of alkyl halides is 3. The molecule has 1 amide bonds. The highest BCUT2D eigenvalue weighted by Crippen LogP contribution is 2.34. The number of hydrogen-bond acceptors (Lipinski definition) is 1. The second-order valence-corrected chi connectivity index (χ2v) is 5.28. The fourth-order valence-electron chi connectivity index (χ4n) is 2.31. The molecule has 0 atom stereocenters. The van der Waals surface area contributed by atoms with Crippen LogP contribution in [0.4, 0.5) is 18.9 Å². The number of carbonyl (C=O) groups is 1. The predicted octanol–water partition coefficient (Wildman–Crippen LogP) is 5.06. The number of anilines is 1. The topological polar surface area (TPSA) is 29.1 Å². The molecule has 0 aliphatic rings. The molecule has 0 radical (unpaired) electrons. The monoisotopic (exact) mass is 321 g/mol. The van der Waals surface area contributed by atoms with Crippen LogP contribution in [-0.4, -0.2) is 5.91 Å². The molecule has 2 nitrogen and oxygen atoms in total. The lowest BCUT2D eigenvalue weighted by Gasteiger charge is -2.13. The highest BCUT2D eigenvalue weighted by Gasteiger charge is 2.33. The number of benzene rings is 2. The fraction of sp³-hybridized carbons (Fsp3) is 0.278. The van der Waals surface area contributed by atoms with Gasteiger partial charge in [-0.1, -0.05) is 42.5 Å². The predicted molar refractivity (Wildman–Crippen MR) is 84.1 cm³/mol. The summed E-state index contributed by atoms with van der Waals surface area (Å²) < 4.78 is 38.5. The van der Waals surface area contributed by atoms with Crippen LogP contribution in [0.15, 0.2) is 54.6 Å². The molecule has 0 bridgehead atoms. The molecule has 0 spiro atoms. The van der Waals surface area contributed by atoms with Crippen molar-refractivity contribution in [2.75, 3.05) is 5.32 Å². The molecule has 122 valence electrons. The van der Waals surface area contributed by atoms with Crippen molar-refractivity contribution in [3.8, 4) is 0 Å². The van der Waals surface area contributed by atoms with Crippen molar-refractivity contribution in [2.45, 2.75) is 31.9 Å². The number of nitrogens with one attached hydrogen (secondary N) is 1. The standard InChI is InChI=1S/C18H18F3NO/c19-18(20,21)15-11-5-6-12-16(15)22-17(23)13-7-4-10-14-8-2-1-3-9-14/h1-3,5-6,8-9,11-12H,4,7,10,13H2,(H,22,23). The maximum atomic E-state index is 12.8. The highest BCUT2D eigenvalue weighted by molar-refractivity contribution is 5.91. The van der Waals surface area contributed by atoms with E-state index in [4.69, 9.17) is 0 Å². The Hall–Kier alpha value is -2.30. The molecule has 0 heterocycles. The molecule has 1 N–H and O–H groups in total. The van der Waals surface area contributed by atoms with Crippen LogP contribution in [0.25, 0.3) is 0 Å². The van der Waals surface area contributed by atoms with Crippen LogP contribution in [0.1, 0.15) is 30.4 Å². The van der Waals surface area contributed by atoms with Gasteiger partial charge in [0, 0.05) is 6.42 Å². The summed E-state index contributed by atoms with van der Waals surface area (Å²) >= 11 is 0. The molecular formula is C18H18F3NO. The third-order valence-corrected chi connectivity index (χ3v) is 3.47. The number of halogens is 3. The molecule has 0 aromatic heterocycles. The number of hydrogen-bond donors (Lipinski definition) is 1. The smallest absolute Gasteiger partial charge is 0.326 e. The zero-order chi connectivity index (χ0) is 16.7. The van der Waals surface area contributed by atoms with E-state index in [2.05, 4.69) is 5.32 Å². The van der Waals surface area contributed by atoms with E-state index in [-0.39, 0.29) is 12.1 Å². The minimum absolute atomic E-state index is 0.187. The van der Waals surface area contributed by atoms with Gasteiger partial charge in [-0.3, -0.25) is 4.79 Å². The minimum Gasteiger partial charge on any atom is -0.326 e. The Balaban J connectivity index is 1.81. The van der Waals surface area contributed by atoms with Gasteiger partial charge in [0.1, 0.15) is 0 Å². The van der Waals surface area contributed by atoms with Crippen molar-refractivity contribution in [3.63, 3.8) is 0 Å². The van der Waals surface area contributed by atoms with E-state index in [1.54, 1.807) is 0 Å². The Kier molecular flexibility index (Phi) is 5.79. The Bertz CT molecular complexity index is 638. The van der Waals surface area contributed by atoms with Crippen LogP contribution in [0, 0.1) is 0 Å².